The molecule has 1 unspecified atom stereocenters. The molecule has 1 saturated heterocycles. The molecule has 1 N–H and O–H groups in total. The molecular formula is C24H29FN2O2S. The standard InChI is InChI=1S/C24H29FN2O2S/c1-24(2,3)19-15-22-16(14-20(19)28)4-9-21(29-22)23(30)27-12-10-26(11-13-27)18-7-5-17(25)6-8-18/h5-8,14-15,21,28H,4,9-13H2,1-3H3. The molecule has 4 rings (SSSR count). The SMILES string of the molecule is CC(C)(C)c1cc2c(cc1O)CCC(C(=S)N1CCN(c3ccc(F)cc3)CC1)O2. The molecule has 1 atom stereocenters. The van der Waals surface area contributed by atoms with Crippen molar-refractivity contribution in [1.82, 2.24) is 4.90 Å². The summed E-state index contributed by atoms with van der Waals surface area (Å²) in [5, 5.41) is 10.4. The van der Waals surface area contributed by atoms with Crippen LogP contribution in [0.3, 0.4) is 0 Å². The van der Waals surface area contributed by atoms with Gasteiger partial charge in [0, 0.05) is 37.4 Å². The average Bonchev–Trinajstić information content (AvgIpc) is 2.72. The Labute approximate surface area is 183 Å². The Morgan fingerprint density at radius 2 is 1.77 bits per heavy atom. The second-order valence-electron chi connectivity index (χ2n) is 9.16. The van der Waals surface area contributed by atoms with E-state index in [1.807, 2.05) is 24.3 Å². The largest absolute Gasteiger partial charge is 0.508 e. The van der Waals surface area contributed by atoms with E-state index < -0.39 is 0 Å². The highest BCUT2D eigenvalue weighted by molar-refractivity contribution is 7.80. The van der Waals surface area contributed by atoms with Gasteiger partial charge in [-0.2, -0.15) is 0 Å². The van der Waals surface area contributed by atoms with E-state index >= 15 is 0 Å². The number of thiocarbonyl (C=S) groups is 1. The van der Waals surface area contributed by atoms with Crippen LogP contribution in [0.15, 0.2) is 36.4 Å². The summed E-state index contributed by atoms with van der Waals surface area (Å²) in [6.07, 6.45) is 1.54. The van der Waals surface area contributed by atoms with Crippen molar-refractivity contribution < 1.29 is 14.2 Å². The van der Waals surface area contributed by atoms with Crippen molar-refractivity contribution in [1.29, 1.82) is 0 Å². The molecule has 30 heavy (non-hydrogen) atoms. The third-order valence-corrected chi connectivity index (χ3v) is 6.51. The van der Waals surface area contributed by atoms with Crippen molar-refractivity contribution in [2.45, 2.75) is 45.1 Å². The first-order chi connectivity index (χ1) is 14.2. The van der Waals surface area contributed by atoms with Crippen molar-refractivity contribution >= 4 is 22.9 Å². The lowest BCUT2D eigenvalue weighted by Crippen LogP contribution is -2.52. The number of ether oxygens (including phenoxy) is 1. The van der Waals surface area contributed by atoms with Gasteiger partial charge in [-0.05, 0) is 60.2 Å². The van der Waals surface area contributed by atoms with Gasteiger partial charge in [-0.15, -0.1) is 0 Å². The van der Waals surface area contributed by atoms with Crippen molar-refractivity contribution in [3.63, 3.8) is 0 Å². The molecule has 2 aromatic rings. The molecule has 0 saturated carbocycles. The van der Waals surface area contributed by atoms with Gasteiger partial charge in [0.25, 0.3) is 0 Å². The van der Waals surface area contributed by atoms with E-state index in [4.69, 9.17) is 17.0 Å². The number of hydrogen-bond acceptors (Lipinski definition) is 4. The second-order valence-corrected chi connectivity index (χ2v) is 9.58. The van der Waals surface area contributed by atoms with Crippen LogP contribution in [-0.2, 0) is 11.8 Å². The van der Waals surface area contributed by atoms with Gasteiger partial charge in [0.15, 0.2) is 0 Å². The van der Waals surface area contributed by atoms with Crippen molar-refractivity contribution in [3.05, 3.63) is 53.3 Å². The number of phenolic OH excluding ortho intramolecular Hbond substituents is 1. The smallest absolute Gasteiger partial charge is 0.149 e. The van der Waals surface area contributed by atoms with E-state index in [1.54, 1.807) is 0 Å². The molecule has 0 aliphatic carbocycles. The van der Waals surface area contributed by atoms with Crippen LogP contribution in [0.1, 0.15) is 38.3 Å². The Bertz CT molecular complexity index is 931. The second kappa shape index (κ2) is 8.06. The molecule has 0 amide bonds. The highest BCUT2D eigenvalue weighted by Crippen LogP contribution is 2.39. The van der Waals surface area contributed by atoms with E-state index in [1.165, 1.54) is 12.1 Å². The predicted octanol–water partition coefficient (Wildman–Crippen LogP) is 4.67. The van der Waals surface area contributed by atoms with E-state index in [0.29, 0.717) is 5.75 Å². The number of anilines is 1. The summed E-state index contributed by atoms with van der Waals surface area (Å²) in [5.74, 6) is 0.959. The normalized spacial score (nSPS) is 19.3. The molecule has 1 fully saturated rings. The van der Waals surface area contributed by atoms with Crippen molar-refractivity contribution in [3.8, 4) is 11.5 Å². The minimum Gasteiger partial charge on any atom is -0.508 e. The Hall–Kier alpha value is -2.34. The van der Waals surface area contributed by atoms with E-state index in [9.17, 15) is 9.50 Å². The summed E-state index contributed by atoms with van der Waals surface area (Å²) in [6, 6.07) is 10.5. The molecule has 0 bridgehead atoms. The summed E-state index contributed by atoms with van der Waals surface area (Å²) in [4.78, 5) is 5.34. The molecule has 2 aliphatic heterocycles. The fourth-order valence-electron chi connectivity index (χ4n) is 4.23. The maximum absolute atomic E-state index is 13.2. The Morgan fingerprint density at radius 3 is 2.40 bits per heavy atom. The molecule has 6 heteroatoms. The number of fused-ring (bicyclic) bond motifs is 1. The maximum atomic E-state index is 13.2. The van der Waals surface area contributed by atoms with Crippen LogP contribution in [0.4, 0.5) is 10.1 Å². The molecule has 2 aliphatic rings. The number of benzene rings is 2. The van der Waals surface area contributed by atoms with Crippen LogP contribution in [0.2, 0.25) is 0 Å². The van der Waals surface area contributed by atoms with Gasteiger partial charge in [-0.3, -0.25) is 0 Å². The van der Waals surface area contributed by atoms with E-state index in [-0.39, 0.29) is 17.3 Å². The highest BCUT2D eigenvalue weighted by atomic mass is 32.1. The van der Waals surface area contributed by atoms with Crippen molar-refractivity contribution in [2.24, 2.45) is 0 Å². The first-order valence-electron chi connectivity index (χ1n) is 10.5. The minimum atomic E-state index is -0.212. The summed E-state index contributed by atoms with van der Waals surface area (Å²) in [7, 11) is 0. The molecule has 0 spiro atoms. The van der Waals surface area contributed by atoms with Gasteiger partial charge < -0.3 is 19.6 Å². The number of piperazine rings is 1. The van der Waals surface area contributed by atoms with Crippen LogP contribution in [0.25, 0.3) is 0 Å². The summed E-state index contributed by atoms with van der Waals surface area (Å²) in [5.41, 5.74) is 2.81. The summed E-state index contributed by atoms with van der Waals surface area (Å²) >= 11 is 5.81. The highest BCUT2D eigenvalue weighted by Gasteiger charge is 2.30. The molecule has 160 valence electrons. The number of aryl methyl sites for hydroxylation is 1. The summed E-state index contributed by atoms with van der Waals surface area (Å²) in [6.45, 7) is 9.59. The molecular weight excluding hydrogens is 399 g/mol. The van der Waals surface area contributed by atoms with Gasteiger partial charge >= 0.3 is 0 Å². The lowest BCUT2D eigenvalue weighted by molar-refractivity contribution is 0.215. The van der Waals surface area contributed by atoms with Gasteiger partial charge in [-0.1, -0.05) is 33.0 Å². The number of nitrogens with zero attached hydrogens (tertiary/aromatic N) is 2. The first-order valence-corrected chi connectivity index (χ1v) is 11.0. The first kappa shape index (κ1) is 20.9. The fourth-order valence-corrected chi connectivity index (χ4v) is 4.58. The molecule has 2 aromatic carbocycles. The zero-order valence-electron chi connectivity index (χ0n) is 17.8. The van der Waals surface area contributed by atoms with Gasteiger partial charge in [-0.25, -0.2) is 4.39 Å². The fraction of sp³-hybridized carbons (Fsp3) is 0.458. The Kier molecular flexibility index (Phi) is 5.62. The maximum Gasteiger partial charge on any atom is 0.149 e. The predicted molar refractivity (Wildman–Crippen MR) is 122 cm³/mol. The lowest BCUT2D eigenvalue weighted by Gasteiger charge is -2.40. The van der Waals surface area contributed by atoms with Crippen LogP contribution in [0.5, 0.6) is 11.5 Å². The van der Waals surface area contributed by atoms with Crippen LogP contribution in [0, 0.1) is 5.82 Å². The van der Waals surface area contributed by atoms with Crippen LogP contribution >= 0.6 is 12.2 Å². The van der Waals surface area contributed by atoms with E-state index in [0.717, 1.165) is 66.6 Å². The van der Waals surface area contributed by atoms with E-state index in [2.05, 4.69) is 30.6 Å². The lowest BCUT2D eigenvalue weighted by atomic mass is 9.84. The third-order valence-electron chi connectivity index (χ3n) is 5.99. The average molecular weight is 429 g/mol. The monoisotopic (exact) mass is 428 g/mol. The van der Waals surface area contributed by atoms with Crippen molar-refractivity contribution in [2.75, 3.05) is 31.1 Å². The number of hydrogen-bond donors (Lipinski definition) is 1. The number of aromatic hydroxyl groups is 1. The number of rotatable bonds is 2. The van der Waals surface area contributed by atoms with Crippen LogP contribution in [-0.4, -0.2) is 47.3 Å². The third kappa shape index (κ3) is 4.24. The van der Waals surface area contributed by atoms with Gasteiger partial charge in [0.1, 0.15) is 28.4 Å². The zero-order valence-corrected chi connectivity index (χ0v) is 18.6. The van der Waals surface area contributed by atoms with Gasteiger partial charge in [0.05, 0.1) is 0 Å². The van der Waals surface area contributed by atoms with Gasteiger partial charge in [0.2, 0.25) is 0 Å². The number of phenols is 1. The Balaban J connectivity index is 1.41. The zero-order chi connectivity index (χ0) is 21.5. The molecule has 0 radical (unpaired) electrons. The summed E-state index contributed by atoms with van der Waals surface area (Å²) < 4.78 is 19.5. The quantitative estimate of drug-likeness (QED) is 0.704. The number of halogens is 1. The topological polar surface area (TPSA) is 35.9 Å². The molecule has 4 nitrogen and oxygen atoms in total. The molecule has 2 heterocycles. The minimum absolute atomic E-state index is 0.123. The van der Waals surface area contributed by atoms with Crippen LogP contribution < -0.4 is 9.64 Å². The Morgan fingerprint density at radius 1 is 1.10 bits per heavy atom. The molecule has 0 aromatic heterocycles.